The van der Waals surface area contributed by atoms with Gasteiger partial charge < -0.3 is 10.1 Å². The molecule has 0 saturated carbocycles. The van der Waals surface area contributed by atoms with E-state index in [9.17, 15) is 13.2 Å². The van der Waals surface area contributed by atoms with E-state index < -0.39 is 16.1 Å². The van der Waals surface area contributed by atoms with Gasteiger partial charge in [-0.1, -0.05) is 36.7 Å². The third-order valence-corrected chi connectivity index (χ3v) is 5.84. The van der Waals surface area contributed by atoms with Crippen LogP contribution in [0.3, 0.4) is 0 Å². The number of carbonyl (C=O) groups is 1. The summed E-state index contributed by atoms with van der Waals surface area (Å²) in [5.74, 6) is 0.389. The van der Waals surface area contributed by atoms with Crippen LogP contribution in [0.5, 0.6) is 5.75 Å². The second-order valence-corrected chi connectivity index (χ2v) is 9.00. The maximum atomic E-state index is 12.9. The maximum absolute atomic E-state index is 12.9. The van der Waals surface area contributed by atoms with Crippen molar-refractivity contribution in [2.45, 2.75) is 39.8 Å². The minimum atomic E-state index is -3.71. The fourth-order valence-corrected chi connectivity index (χ4v) is 4.46. The van der Waals surface area contributed by atoms with Crippen LogP contribution in [0.15, 0.2) is 42.5 Å². The number of rotatable bonds is 9. The Bertz CT molecular complexity index is 946. The van der Waals surface area contributed by atoms with E-state index >= 15 is 0 Å². The Balaban J connectivity index is 2.23. The Labute approximate surface area is 177 Å². The van der Waals surface area contributed by atoms with Crippen molar-refractivity contribution in [3.63, 3.8) is 0 Å². The summed E-state index contributed by atoms with van der Waals surface area (Å²) in [5.41, 5.74) is 2.02. The standard InChI is InChI=1S/C21H27ClN2O4S/c1-5-19(21(25)23-14-16-8-11-18(12-9-16)28-6-2)24(29(4,26)27)20-13-17(22)10-7-15(20)3/h7-13,19H,5-6,14H2,1-4H3,(H,23,25). The van der Waals surface area contributed by atoms with Gasteiger partial charge in [-0.3, -0.25) is 9.10 Å². The predicted octanol–water partition coefficient (Wildman–Crippen LogP) is 3.91. The number of nitrogens with one attached hydrogen (secondary N) is 1. The highest BCUT2D eigenvalue weighted by atomic mass is 35.5. The Hall–Kier alpha value is -2.25. The largest absolute Gasteiger partial charge is 0.494 e. The van der Waals surface area contributed by atoms with Crippen LogP contribution in [0.25, 0.3) is 0 Å². The fraction of sp³-hybridized carbons (Fsp3) is 0.381. The summed E-state index contributed by atoms with van der Waals surface area (Å²) in [6.07, 6.45) is 1.41. The van der Waals surface area contributed by atoms with Gasteiger partial charge in [-0.2, -0.15) is 0 Å². The van der Waals surface area contributed by atoms with Crippen molar-refractivity contribution in [2.75, 3.05) is 17.2 Å². The molecule has 1 N–H and O–H groups in total. The molecule has 1 unspecified atom stereocenters. The van der Waals surface area contributed by atoms with Gasteiger partial charge in [-0.15, -0.1) is 0 Å². The summed E-state index contributed by atoms with van der Waals surface area (Å²) >= 11 is 6.08. The summed E-state index contributed by atoms with van der Waals surface area (Å²) in [5, 5.41) is 3.25. The lowest BCUT2D eigenvalue weighted by Gasteiger charge is -2.31. The lowest BCUT2D eigenvalue weighted by atomic mass is 10.1. The molecule has 0 radical (unpaired) electrons. The second kappa shape index (κ2) is 9.98. The molecule has 0 aliphatic rings. The average molecular weight is 439 g/mol. The molecule has 8 heteroatoms. The molecule has 0 spiro atoms. The monoisotopic (exact) mass is 438 g/mol. The molecule has 0 aromatic heterocycles. The Kier molecular flexibility index (Phi) is 7.93. The summed E-state index contributed by atoms with van der Waals surface area (Å²) in [7, 11) is -3.71. The first-order chi connectivity index (χ1) is 13.7. The van der Waals surface area contributed by atoms with Crippen molar-refractivity contribution in [2.24, 2.45) is 0 Å². The van der Waals surface area contributed by atoms with Crippen molar-refractivity contribution in [1.29, 1.82) is 0 Å². The zero-order chi connectivity index (χ0) is 21.6. The average Bonchev–Trinajstić information content (AvgIpc) is 2.66. The van der Waals surface area contributed by atoms with Crippen LogP contribution in [0.2, 0.25) is 5.02 Å². The SMILES string of the molecule is CCOc1ccc(CNC(=O)C(CC)N(c2cc(Cl)ccc2C)S(C)(=O)=O)cc1. The molecule has 0 aliphatic heterocycles. The molecule has 1 atom stereocenters. The number of ether oxygens (including phenoxy) is 1. The summed E-state index contributed by atoms with van der Waals surface area (Å²) < 4.78 is 31.7. The molecule has 0 saturated heterocycles. The minimum absolute atomic E-state index is 0.286. The van der Waals surface area contributed by atoms with E-state index in [1.807, 2.05) is 31.2 Å². The van der Waals surface area contributed by atoms with Crippen molar-refractivity contribution in [3.8, 4) is 5.75 Å². The molecule has 0 aliphatic carbocycles. The van der Waals surface area contributed by atoms with E-state index in [-0.39, 0.29) is 12.5 Å². The number of amides is 1. The van der Waals surface area contributed by atoms with E-state index in [0.717, 1.165) is 27.4 Å². The van der Waals surface area contributed by atoms with Gasteiger partial charge in [0.2, 0.25) is 15.9 Å². The minimum Gasteiger partial charge on any atom is -0.494 e. The van der Waals surface area contributed by atoms with Crippen molar-refractivity contribution >= 4 is 33.2 Å². The topological polar surface area (TPSA) is 75.7 Å². The van der Waals surface area contributed by atoms with Gasteiger partial charge in [0.05, 0.1) is 18.6 Å². The maximum Gasteiger partial charge on any atom is 0.244 e. The summed E-state index contributed by atoms with van der Waals surface area (Å²) in [4.78, 5) is 12.9. The van der Waals surface area contributed by atoms with Crippen LogP contribution in [0, 0.1) is 6.92 Å². The lowest BCUT2D eigenvalue weighted by molar-refractivity contribution is -0.122. The van der Waals surface area contributed by atoms with Gasteiger partial charge in [0.25, 0.3) is 0 Å². The Morgan fingerprint density at radius 2 is 1.83 bits per heavy atom. The molecule has 0 heterocycles. The highest BCUT2D eigenvalue weighted by molar-refractivity contribution is 7.92. The highest BCUT2D eigenvalue weighted by Crippen LogP contribution is 2.29. The molecule has 0 fully saturated rings. The van der Waals surface area contributed by atoms with Crippen molar-refractivity contribution in [3.05, 3.63) is 58.6 Å². The number of hydrogen-bond acceptors (Lipinski definition) is 4. The van der Waals surface area contributed by atoms with E-state index in [4.69, 9.17) is 16.3 Å². The van der Waals surface area contributed by atoms with Crippen molar-refractivity contribution in [1.82, 2.24) is 5.32 Å². The summed E-state index contributed by atoms with van der Waals surface area (Å²) in [6, 6.07) is 11.5. The normalized spacial score (nSPS) is 12.3. The molecule has 1 amide bonds. The Morgan fingerprint density at radius 3 is 2.38 bits per heavy atom. The zero-order valence-corrected chi connectivity index (χ0v) is 18.7. The molecular formula is C21H27ClN2O4S. The first-order valence-corrected chi connectivity index (χ1v) is 11.6. The number of benzene rings is 2. The number of hydrogen-bond donors (Lipinski definition) is 1. The van der Waals surface area contributed by atoms with E-state index in [0.29, 0.717) is 23.7 Å². The van der Waals surface area contributed by atoms with Crippen LogP contribution in [-0.2, 0) is 21.4 Å². The first kappa shape index (κ1) is 23.0. The lowest BCUT2D eigenvalue weighted by Crippen LogP contribution is -2.49. The van der Waals surface area contributed by atoms with Crippen LogP contribution < -0.4 is 14.4 Å². The molecule has 2 rings (SSSR count). The number of anilines is 1. The molecule has 2 aromatic rings. The molecular weight excluding hydrogens is 412 g/mol. The number of aryl methyl sites for hydroxylation is 1. The van der Waals surface area contributed by atoms with E-state index in [1.54, 1.807) is 32.0 Å². The number of sulfonamides is 1. The number of nitrogens with zero attached hydrogens (tertiary/aromatic N) is 1. The number of carbonyl (C=O) groups excluding carboxylic acids is 1. The smallest absolute Gasteiger partial charge is 0.244 e. The van der Waals surface area contributed by atoms with Crippen LogP contribution in [-0.4, -0.2) is 33.2 Å². The molecule has 6 nitrogen and oxygen atoms in total. The van der Waals surface area contributed by atoms with Gasteiger partial charge in [-0.05, 0) is 55.7 Å². The first-order valence-electron chi connectivity index (χ1n) is 9.42. The quantitative estimate of drug-likeness (QED) is 0.644. The molecule has 158 valence electrons. The van der Waals surface area contributed by atoms with Crippen LogP contribution >= 0.6 is 11.6 Å². The molecule has 2 aromatic carbocycles. The summed E-state index contributed by atoms with van der Waals surface area (Å²) in [6.45, 7) is 6.34. The van der Waals surface area contributed by atoms with Crippen LogP contribution in [0.1, 0.15) is 31.4 Å². The molecule has 0 bridgehead atoms. The van der Waals surface area contributed by atoms with E-state index in [1.165, 1.54) is 0 Å². The Morgan fingerprint density at radius 1 is 1.17 bits per heavy atom. The van der Waals surface area contributed by atoms with E-state index in [2.05, 4.69) is 5.32 Å². The van der Waals surface area contributed by atoms with Gasteiger partial charge in [0, 0.05) is 11.6 Å². The van der Waals surface area contributed by atoms with Gasteiger partial charge in [0.1, 0.15) is 11.8 Å². The fourth-order valence-electron chi connectivity index (χ4n) is 3.03. The third kappa shape index (κ3) is 6.11. The van der Waals surface area contributed by atoms with Crippen molar-refractivity contribution < 1.29 is 17.9 Å². The highest BCUT2D eigenvalue weighted by Gasteiger charge is 2.32. The van der Waals surface area contributed by atoms with Gasteiger partial charge in [-0.25, -0.2) is 8.42 Å². The number of halogens is 1. The van der Waals surface area contributed by atoms with Gasteiger partial charge >= 0.3 is 0 Å². The zero-order valence-electron chi connectivity index (χ0n) is 17.1. The predicted molar refractivity (Wildman–Crippen MR) is 117 cm³/mol. The third-order valence-electron chi connectivity index (χ3n) is 4.44. The second-order valence-electron chi connectivity index (χ2n) is 6.71. The molecule has 29 heavy (non-hydrogen) atoms. The van der Waals surface area contributed by atoms with Crippen LogP contribution in [0.4, 0.5) is 5.69 Å². The van der Waals surface area contributed by atoms with Gasteiger partial charge in [0.15, 0.2) is 0 Å².